The molecule has 0 saturated carbocycles. The minimum atomic E-state index is -0.927. The summed E-state index contributed by atoms with van der Waals surface area (Å²) < 4.78 is 0. The first-order chi connectivity index (χ1) is 4.18. The minimum absolute atomic E-state index is 0.833. The van der Waals surface area contributed by atoms with Gasteiger partial charge in [-0.25, -0.2) is 14.7 Å². The van der Waals surface area contributed by atoms with E-state index in [9.17, 15) is 14.7 Å². The predicted molar refractivity (Wildman–Crippen MR) is 25.6 cm³/mol. The van der Waals surface area contributed by atoms with E-state index in [4.69, 9.17) is 0 Å². The van der Waals surface area contributed by atoms with Crippen molar-refractivity contribution in [1.29, 1.82) is 0 Å². The summed E-state index contributed by atoms with van der Waals surface area (Å²) >= 11 is 0. The first-order valence-corrected chi connectivity index (χ1v) is 2.06. The van der Waals surface area contributed by atoms with E-state index in [1.807, 2.05) is 0 Å². The molecule has 6 nitrogen and oxygen atoms in total. The van der Waals surface area contributed by atoms with E-state index in [2.05, 4.69) is 4.98 Å². The number of nitrogens with one attached hydrogen (secondary N) is 2. The maximum absolute atomic E-state index is 10.2. The highest BCUT2D eigenvalue weighted by Crippen LogP contribution is 1.82. The third-order valence-corrected chi connectivity index (χ3v) is 0.644. The maximum Gasteiger partial charge on any atom is 0.353 e. The van der Waals surface area contributed by atoms with Gasteiger partial charge in [0.15, 0.2) is 0 Å². The number of hydrogen-bond donors (Lipinski definition) is 2. The molecule has 1 rings (SSSR count). The van der Waals surface area contributed by atoms with E-state index in [0.29, 0.717) is 0 Å². The number of aromatic nitrogens is 3. The number of aromatic amines is 2. The topological polar surface area (TPSA) is 98.5 Å². The lowest BCUT2D eigenvalue weighted by Crippen LogP contribution is -2.23. The molecule has 47 valence electrons. The van der Waals surface area contributed by atoms with E-state index in [1.165, 1.54) is 0 Å². The van der Waals surface area contributed by atoms with Gasteiger partial charge in [-0.05, 0) is 0 Å². The lowest BCUT2D eigenvalue weighted by Gasteiger charge is -1.79. The molecule has 1 aromatic rings. The molecule has 0 aliphatic rings. The van der Waals surface area contributed by atoms with Gasteiger partial charge in [-0.15, -0.1) is 4.98 Å². The van der Waals surface area contributed by atoms with Crippen molar-refractivity contribution in [1.82, 2.24) is 15.0 Å². The molecular weight excluding hydrogens is 126 g/mol. The Hall–Kier alpha value is -1.59. The van der Waals surface area contributed by atoms with Gasteiger partial charge in [-0.3, -0.25) is 9.97 Å². The van der Waals surface area contributed by atoms with Gasteiger partial charge in [0.2, 0.25) is 0 Å². The molecule has 9 heavy (non-hydrogen) atoms. The first kappa shape index (κ1) is 5.54. The molecule has 6 heteroatoms. The van der Waals surface area contributed by atoms with Crippen molar-refractivity contribution in [2.75, 3.05) is 0 Å². The maximum atomic E-state index is 10.2. The molecule has 0 amide bonds. The molecule has 1 heterocycles. The van der Waals surface area contributed by atoms with Crippen molar-refractivity contribution in [3.05, 3.63) is 21.0 Å². The van der Waals surface area contributed by atoms with E-state index in [1.54, 1.807) is 9.97 Å². The molecule has 1 radical (unpaired) electrons. The second kappa shape index (κ2) is 1.73. The van der Waals surface area contributed by atoms with Crippen molar-refractivity contribution >= 4 is 0 Å². The van der Waals surface area contributed by atoms with Gasteiger partial charge in [-0.1, -0.05) is 0 Å². The third kappa shape index (κ3) is 1.15. The van der Waals surface area contributed by atoms with Gasteiger partial charge in [0.1, 0.15) is 0 Å². The Morgan fingerprint density at radius 3 is 2.33 bits per heavy atom. The predicted octanol–water partition coefficient (Wildman–Crippen LogP) is -1.40. The van der Waals surface area contributed by atoms with Crippen LogP contribution in [-0.4, -0.2) is 15.0 Å². The number of H-pyrrole nitrogens is 2. The van der Waals surface area contributed by atoms with E-state index in [0.717, 1.165) is 0 Å². The van der Waals surface area contributed by atoms with Gasteiger partial charge >= 0.3 is 17.4 Å². The summed E-state index contributed by atoms with van der Waals surface area (Å²) in [7, 11) is 0. The molecule has 2 N–H and O–H groups in total. The summed E-state index contributed by atoms with van der Waals surface area (Å²) in [6.07, 6.45) is 0. The van der Waals surface area contributed by atoms with Crippen molar-refractivity contribution in [2.24, 2.45) is 0 Å². The summed E-state index contributed by atoms with van der Waals surface area (Å²) in [5.41, 5.74) is -1.76. The van der Waals surface area contributed by atoms with Crippen molar-refractivity contribution < 1.29 is 5.11 Å². The Morgan fingerprint density at radius 2 is 1.89 bits per heavy atom. The zero-order valence-electron chi connectivity index (χ0n) is 4.17. The van der Waals surface area contributed by atoms with Gasteiger partial charge in [-0.2, -0.15) is 0 Å². The van der Waals surface area contributed by atoms with Crippen LogP contribution in [0.5, 0.6) is 6.01 Å². The number of rotatable bonds is 0. The van der Waals surface area contributed by atoms with Crippen LogP contribution in [0.1, 0.15) is 0 Å². The lowest BCUT2D eigenvalue weighted by atomic mass is 11.0. The van der Waals surface area contributed by atoms with Gasteiger partial charge in [0.25, 0.3) is 0 Å². The van der Waals surface area contributed by atoms with E-state index >= 15 is 0 Å². The summed E-state index contributed by atoms with van der Waals surface area (Å²) in [4.78, 5) is 26.6. The van der Waals surface area contributed by atoms with Crippen LogP contribution in [0.25, 0.3) is 0 Å². The summed E-state index contributed by atoms with van der Waals surface area (Å²) in [5.74, 6) is 0. The Morgan fingerprint density at radius 1 is 1.22 bits per heavy atom. The normalized spacial score (nSPS) is 9.33. The molecule has 0 atom stereocenters. The average Bonchev–Trinajstić information content (AvgIpc) is 1.59. The largest absolute Gasteiger partial charge is 0.353 e. The molecule has 0 spiro atoms. The second-order valence-electron chi connectivity index (χ2n) is 1.30. The number of hydrogen-bond acceptors (Lipinski definition) is 3. The van der Waals surface area contributed by atoms with E-state index < -0.39 is 17.4 Å². The molecule has 0 aliphatic heterocycles. The van der Waals surface area contributed by atoms with Crippen LogP contribution in [0.15, 0.2) is 9.59 Å². The molecule has 0 aliphatic carbocycles. The first-order valence-electron chi connectivity index (χ1n) is 2.06. The smallest absolute Gasteiger partial charge is 0.257 e. The van der Waals surface area contributed by atoms with Crippen molar-refractivity contribution in [2.45, 2.75) is 0 Å². The number of nitrogens with zero attached hydrogens (tertiary/aromatic N) is 1. The van der Waals surface area contributed by atoms with Crippen LogP contribution < -0.4 is 11.4 Å². The quantitative estimate of drug-likeness (QED) is 0.449. The fourth-order valence-electron chi connectivity index (χ4n) is 0.374. The lowest BCUT2D eigenvalue weighted by molar-refractivity contribution is 0.314. The zero-order chi connectivity index (χ0) is 6.85. The van der Waals surface area contributed by atoms with Gasteiger partial charge in [0.05, 0.1) is 0 Å². The fraction of sp³-hybridized carbons (Fsp3) is 0. The monoisotopic (exact) mass is 128 g/mol. The zero-order valence-corrected chi connectivity index (χ0v) is 4.17. The SMILES string of the molecule is [O]c1nc(=O)[nH]c(=O)[nH]1. The van der Waals surface area contributed by atoms with Crippen LogP contribution in [0.3, 0.4) is 0 Å². The molecular formula is C3H2N3O3. The Bertz CT molecular complexity index is 282. The van der Waals surface area contributed by atoms with Crippen LogP contribution in [0, 0.1) is 0 Å². The third-order valence-electron chi connectivity index (χ3n) is 0.644. The van der Waals surface area contributed by atoms with Crippen LogP contribution in [-0.2, 0) is 5.11 Å². The highest BCUT2D eigenvalue weighted by atomic mass is 16.3. The van der Waals surface area contributed by atoms with Crippen molar-refractivity contribution in [3.63, 3.8) is 0 Å². The van der Waals surface area contributed by atoms with E-state index in [-0.39, 0.29) is 0 Å². The summed E-state index contributed by atoms with van der Waals surface area (Å²) in [6, 6.07) is -0.927. The molecule has 0 unspecified atom stereocenters. The molecule has 0 aromatic carbocycles. The molecule has 1 aromatic heterocycles. The highest BCUT2D eigenvalue weighted by molar-refractivity contribution is 4.82. The Kier molecular flexibility index (Phi) is 1.07. The molecule has 0 bridgehead atoms. The van der Waals surface area contributed by atoms with Gasteiger partial charge in [0, 0.05) is 0 Å². The minimum Gasteiger partial charge on any atom is -0.257 e. The molecule has 0 fully saturated rings. The van der Waals surface area contributed by atoms with Crippen LogP contribution >= 0.6 is 0 Å². The Balaban J connectivity index is 3.52. The standard InChI is InChI=1S/C3H2N3O3/c7-1-4-2(8)6-3(9)5-1/h(H2,4,5,6,7,8). The Labute approximate surface area is 48.2 Å². The summed E-state index contributed by atoms with van der Waals surface area (Å²) in [5, 5.41) is 10.1. The molecule has 0 saturated heterocycles. The van der Waals surface area contributed by atoms with Crippen LogP contribution in [0.2, 0.25) is 0 Å². The fourth-order valence-corrected chi connectivity index (χ4v) is 0.374. The second-order valence-corrected chi connectivity index (χ2v) is 1.30. The van der Waals surface area contributed by atoms with Gasteiger partial charge < -0.3 is 0 Å². The van der Waals surface area contributed by atoms with Crippen molar-refractivity contribution in [3.8, 4) is 6.01 Å². The highest BCUT2D eigenvalue weighted by Gasteiger charge is 1.92. The van der Waals surface area contributed by atoms with Crippen LogP contribution in [0.4, 0.5) is 0 Å². The average molecular weight is 128 g/mol. The summed E-state index contributed by atoms with van der Waals surface area (Å²) in [6.45, 7) is 0.